The molecule has 0 atom stereocenters. The lowest BCUT2D eigenvalue weighted by molar-refractivity contribution is -0.112. The van der Waals surface area contributed by atoms with Gasteiger partial charge in [0.1, 0.15) is 0 Å². The Morgan fingerprint density at radius 3 is 3.00 bits per heavy atom. The first-order valence-corrected chi connectivity index (χ1v) is 3.11. The van der Waals surface area contributed by atoms with Crippen molar-refractivity contribution in [3.63, 3.8) is 0 Å². The Hall–Kier alpha value is -1.25. The van der Waals surface area contributed by atoms with E-state index in [-0.39, 0.29) is 5.78 Å². The largest absolute Gasteiger partial charge is 0.404 e. The number of carbonyl (C=O) groups is 1. The molecule has 0 fully saturated rings. The Balaban J connectivity index is 2.89. The first-order valence-electron chi connectivity index (χ1n) is 3.11. The van der Waals surface area contributed by atoms with Gasteiger partial charge >= 0.3 is 0 Å². The fourth-order valence-corrected chi connectivity index (χ4v) is 0.848. The third kappa shape index (κ3) is 1.03. The molecule has 0 bridgehead atoms. The van der Waals surface area contributed by atoms with Crippen LogP contribution >= 0.6 is 0 Å². The Labute approximate surface area is 59.6 Å². The van der Waals surface area contributed by atoms with Crippen molar-refractivity contribution in [1.82, 2.24) is 5.32 Å². The van der Waals surface area contributed by atoms with Gasteiger partial charge < -0.3 is 11.1 Å². The molecule has 0 radical (unpaired) electrons. The minimum Gasteiger partial charge on any atom is -0.404 e. The summed E-state index contributed by atoms with van der Waals surface area (Å²) in [7, 11) is 0. The van der Waals surface area contributed by atoms with Crippen LogP contribution < -0.4 is 11.1 Å². The van der Waals surface area contributed by atoms with Crippen LogP contribution in [0.2, 0.25) is 0 Å². The van der Waals surface area contributed by atoms with Crippen LogP contribution in [0.5, 0.6) is 0 Å². The normalized spacial score (nSPS) is 22.3. The molecule has 3 N–H and O–H groups in total. The predicted octanol–water partition coefficient (Wildman–Crippen LogP) is -0.0949. The predicted molar refractivity (Wildman–Crippen MR) is 39.0 cm³/mol. The minimum atomic E-state index is 0.0428. The second-order valence-corrected chi connectivity index (χ2v) is 2.23. The van der Waals surface area contributed by atoms with Crippen molar-refractivity contribution in [2.75, 3.05) is 6.54 Å². The topological polar surface area (TPSA) is 55.1 Å². The molecule has 1 aliphatic heterocycles. The van der Waals surface area contributed by atoms with Gasteiger partial charge in [-0.15, -0.1) is 0 Å². The van der Waals surface area contributed by atoms with Crippen LogP contribution in [0.4, 0.5) is 0 Å². The van der Waals surface area contributed by atoms with Crippen molar-refractivity contribution in [2.45, 2.75) is 6.92 Å². The molecule has 3 heteroatoms. The third-order valence-electron chi connectivity index (χ3n) is 1.46. The molecule has 0 unspecified atom stereocenters. The van der Waals surface area contributed by atoms with E-state index in [1.165, 1.54) is 6.20 Å². The van der Waals surface area contributed by atoms with Gasteiger partial charge in [0.25, 0.3) is 0 Å². The quantitative estimate of drug-likeness (QED) is 0.460. The molecule has 0 spiro atoms. The van der Waals surface area contributed by atoms with Gasteiger partial charge in [0.15, 0.2) is 5.78 Å². The summed E-state index contributed by atoms with van der Waals surface area (Å²) in [6, 6.07) is 0. The lowest BCUT2D eigenvalue weighted by Gasteiger charge is -2.12. The maximum Gasteiger partial charge on any atom is 0.189 e. The smallest absolute Gasteiger partial charge is 0.189 e. The Kier molecular flexibility index (Phi) is 1.76. The first-order chi connectivity index (χ1) is 4.75. The summed E-state index contributed by atoms with van der Waals surface area (Å²) in [4.78, 5) is 11.1. The number of hydrogen-bond donors (Lipinski definition) is 2. The molecule has 1 heterocycles. The van der Waals surface area contributed by atoms with Crippen LogP contribution in [-0.2, 0) is 4.79 Å². The molecule has 0 amide bonds. The van der Waals surface area contributed by atoms with Gasteiger partial charge in [0.2, 0.25) is 0 Å². The third-order valence-corrected chi connectivity index (χ3v) is 1.46. The summed E-state index contributed by atoms with van der Waals surface area (Å²) in [6.45, 7) is 2.31. The monoisotopic (exact) mass is 138 g/mol. The van der Waals surface area contributed by atoms with Crippen LogP contribution in [0.3, 0.4) is 0 Å². The number of carbonyl (C=O) groups excluding carboxylic acids is 1. The Bertz CT molecular complexity index is 216. The molecule has 0 aliphatic carbocycles. The standard InChI is InChI=1S/C7H10N2O/c1-5-3-9-4-6(2-8)7(5)10/h2-3,9H,4,8H2,1H3. The van der Waals surface area contributed by atoms with E-state index in [9.17, 15) is 4.79 Å². The van der Waals surface area contributed by atoms with Crippen molar-refractivity contribution < 1.29 is 4.79 Å². The highest BCUT2D eigenvalue weighted by molar-refractivity contribution is 6.08. The van der Waals surface area contributed by atoms with Gasteiger partial charge in [-0.05, 0) is 6.92 Å². The number of hydrogen-bond acceptors (Lipinski definition) is 3. The van der Waals surface area contributed by atoms with Crippen molar-refractivity contribution in [2.24, 2.45) is 5.73 Å². The number of nitrogens with one attached hydrogen (secondary N) is 1. The fourth-order valence-electron chi connectivity index (χ4n) is 0.848. The van der Waals surface area contributed by atoms with E-state index in [0.717, 1.165) is 0 Å². The SMILES string of the molecule is CC1=CNCC(=CN)C1=O. The van der Waals surface area contributed by atoms with Gasteiger partial charge in [-0.1, -0.05) is 0 Å². The maximum atomic E-state index is 11.1. The van der Waals surface area contributed by atoms with E-state index in [1.54, 1.807) is 13.1 Å². The van der Waals surface area contributed by atoms with Crippen molar-refractivity contribution in [3.8, 4) is 0 Å². The van der Waals surface area contributed by atoms with Gasteiger partial charge in [0, 0.05) is 30.1 Å². The highest BCUT2D eigenvalue weighted by atomic mass is 16.1. The molecular weight excluding hydrogens is 128 g/mol. The molecule has 0 aromatic heterocycles. The van der Waals surface area contributed by atoms with Gasteiger partial charge in [0.05, 0.1) is 0 Å². The highest BCUT2D eigenvalue weighted by Gasteiger charge is 2.13. The number of nitrogens with two attached hydrogens (primary N) is 1. The van der Waals surface area contributed by atoms with Gasteiger partial charge in [-0.2, -0.15) is 0 Å². The molecule has 0 saturated carbocycles. The number of allylic oxidation sites excluding steroid dienone is 1. The summed E-state index contributed by atoms with van der Waals surface area (Å²) in [5.41, 5.74) is 6.56. The summed E-state index contributed by atoms with van der Waals surface area (Å²) in [5, 5.41) is 2.93. The van der Waals surface area contributed by atoms with Gasteiger partial charge in [-0.25, -0.2) is 0 Å². The van der Waals surface area contributed by atoms with E-state index in [1.807, 2.05) is 0 Å². The second-order valence-electron chi connectivity index (χ2n) is 2.23. The number of rotatable bonds is 0. The average Bonchev–Trinajstić information content (AvgIpc) is 1.95. The highest BCUT2D eigenvalue weighted by Crippen LogP contribution is 2.06. The Morgan fingerprint density at radius 2 is 2.50 bits per heavy atom. The van der Waals surface area contributed by atoms with E-state index >= 15 is 0 Å². The van der Waals surface area contributed by atoms with Crippen molar-refractivity contribution >= 4 is 5.78 Å². The molecular formula is C7H10N2O. The lowest BCUT2D eigenvalue weighted by atomic mass is 10.0. The zero-order chi connectivity index (χ0) is 7.56. The maximum absolute atomic E-state index is 11.1. The molecule has 0 aromatic rings. The summed E-state index contributed by atoms with van der Waals surface area (Å²) >= 11 is 0. The molecule has 1 aliphatic rings. The van der Waals surface area contributed by atoms with Crippen molar-refractivity contribution in [3.05, 3.63) is 23.5 Å². The molecule has 10 heavy (non-hydrogen) atoms. The number of ketones is 1. The van der Waals surface area contributed by atoms with Crippen LogP contribution in [0.25, 0.3) is 0 Å². The van der Waals surface area contributed by atoms with Crippen LogP contribution in [0.1, 0.15) is 6.92 Å². The fraction of sp³-hybridized carbons (Fsp3) is 0.286. The summed E-state index contributed by atoms with van der Waals surface area (Å²) < 4.78 is 0. The van der Waals surface area contributed by atoms with Crippen LogP contribution in [-0.4, -0.2) is 12.3 Å². The minimum absolute atomic E-state index is 0.0428. The molecule has 1 rings (SSSR count). The molecule has 3 nitrogen and oxygen atoms in total. The molecule has 0 saturated heterocycles. The zero-order valence-corrected chi connectivity index (χ0v) is 5.85. The van der Waals surface area contributed by atoms with E-state index in [2.05, 4.69) is 5.32 Å². The number of Topliss-reactive ketones (excluding diaryl/α,β-unsaturated/α-hetero) is 1. The van der Waals surface area contributed by atoms with Crippen LogP contribution in [0.15, 0.2) is 23.5 Å². The average molecular weight is 138 g/mol. The first kappa shape index (κ1) is 6.86. The van der Waals surface area contributed by atoms with Gasteiger partial charge in [-0.3, -0.25) is 4.79 Å². The van der Waals surface area contributed by atoms with E-state index in [0.29, 0.717) is 17.7 Å². The summed E-state index contributed by atoms with van der Waals surface area (Å²) in [5.74, 6) is 0.0428. The zero-order valence-electron chi connectivity index (χ0n) is 5.85. The van der Waals surface area contributed by atoms with E-state index < -0.39 is 0 Å². The van der Waals surface area contributed by atoms with Crippen LogP contribution in [0, 0.1) is 0 Å². The van der Waals surface area contributed by atoms with E-state index in [4.69, 9.17) is 5.73 Å². The second kappa shape index (κ2) is 2.56. The molecule has 0 aromatic carbocycles. The summed E-state index contributed by atoms with van der Waals surface area (Å²) in [6.07, 6.45) is 3.06. The van der Waals surface area contributed by atoms with Crippen molar-refractivity contribution in [1.29, 1.82) is 0 Å². The lowest BCUT2D eigenvalue weighted by Crippen LogP contribution is -2.24. The molecule has 54 valence electrons. The Morgan fingerprint density at radius 1 is 1.80 bits per heavy atom.